The minimum Gasteiger partial charge on any atom is -0.396 e. The van der Waals surface area contributed by atoms with E-state index in [-0.39, 0.29) is 32.3 Å². The molecule has 0 heterocycles. The van der Waals surface area contributed by atoms with E-state index in [4.69, 9.17) is 20.4 Å². The second-order valence-corrected chi connectivity index (χ2v) is 3.88. The van der Waals surface area contributed by atoms with E-state index < -0.39 is 17.9 Å². The highest BCUT2D eigenvalue weighted by molar-refractivity contribution is 5.20. The lowest BCUT2D eigenvalue weighted by Crippen LogP contribution is -2.35. The van der Waals surface area contributed by atoms with Gasteiger partial charge in [0.2, 0.25) is 0 Å². The molecule has 0 saturated carbocycles. The number of rotatable bonds is 5. The number of aliphatic hydroxyl groups is 5. The lowest BCUT2D eigenvalue weighted by Gasteiger charge is -2.28. The molecular weight excluding hydrogens is 200 g/mol. The van der Waals surface area contributed by atoms with Gasteiger partial charge in [-0.2, -0.15) is 0 Å². The summed E-state index contributed by atoms with van der Waals surface area (Å²) >= 11 is 0. The van der Waals surface area contributed by atoms with Crippen LogP contribution in [0.5, 0.6) is 0 Å². The maximum Gasteiger partial charge on any atom is 0.0763 e. The molecule has 5 N–H and O–H groups in total. The van der Waals surface area contributed by atoms with Crippen LogP contribution in [-0.2, 0) is 0 Å². The van der Waals surface area contributed by atoms with Gasteiger partial charge in [-0.25, -0.2) is 0 Å². The van der Waals surface area contributed by atoms with Gasteiger partial charge in [-0.15, -0.1) is 0 Å². The molecule has 0 aliphatic heterocycles. The van der Waals surface area contributed by atoms with Crippen LogP contribution >= 0.6 is 0 Å². The monoisotopic (exact) mass is 218 g/mol. The van der Waals surface area contributed by atoms with Gasteiger partial charge in [0.05, 0.1) is 19.3 Å². The zero-order valence-corrected chi connectivity index (χ0v) is 8.45. The van der Waals surface area contributed by atoms with Gasteiger partial charge in [0.1, 0.15) is 0 Å². The molecule has 15 heavy (non-hydrogen) atoms. The SMILES string of the molecule is OCC1=C[C@@H](O)[C@H](C(CO)CO)[C@@H]1CO. The highest BCUT2D eigenvalue weighted by Crippen LogP contribution is 2.36. The van der Waals surface area contributed by atoms with Crippen LogP contribution in [0, 0.1) is 17.8 Å². The van der Waals surface area contributed by atoms with Crippen molar-refractivity contribution in [3.63, 3.8) is 0 Å². The van der Waals surface area contributed by atoms with Crippen LogP contribution in [0.15, 0.2) is 11.6 Å². The standard InChI is InChI=1S/C10H18O5/c11-2-6-1-9(15)10(8(6)5-14)7(3-12)4-13/h1,7-15H,2-5H2/t8-,9-,10-/m1/s1. The lowest BCUT2D eigenvalue weighted by atomic mass is 9.81. The van der Waals surface area contributed by atoms with E-state index >= 15 is 0 Å². The molecule has 0 fully saturated rings. The Labute approximate surface area is 88.3 Å². The van der Waals surface area contributed by atoms with E-state index in [1.807, 2.05) is 0 Å². The van der Waals surface area contributed by atoms with E-state index in [9.17, 15) is 5.11 Å². The Hall–Kier alpha value is -0.460. The summed E-state index contributed by atoms with van der Waals surface area (Å²) in [4.78, 5) is 0. The third-order valence-electron chi connectivity index (χ3n) is 3.11. The maximum atomic E-state index is 9.70. The number of aliphatic hydroxyl groups excluding tert-OH is 5. The summed E-state index contributed by atoms with van der Waals surface area (Å²) in [6.07, 6.45) is 0.665. The van der Waals surface area contributed by atoms with E-state index in [2.05, 4.69) is 0 Å². The molecule has 0 radical (unpaired) electrons. The second kappa shape index (κ2) is 5.58. The first-order valence-electron chi connectivity index (χ1n) is 5.01. The quantitative estimate of drug-likeness (QED) is 0.347. The molecular formula is C10H18O5. The Morgan fingerprint density at radius 1 is 1.13 bits per heavy atom. The molecule has 88 valence electrons. The first-order chi connectivity index (χ1) is 7.19. The van der Waals surface area contributed by atoms with Crippen LogP contribution in [0.3, 0.4) is 0 Å². The normalized spacial score (nSPS) is 31.1. The number of hydrogen-bond acceptors (Lipinski definition) is 5. The molecule has 1 aliphatic rings. The van der Waals surface area contributed by atoms with Crippen LogP contribution in [0.25, 0.3) is 0 Å². The van der Waals surface area contributed by atoms with Crippen molar-refractivity contribution < 1.29 is 25.5 Å². The molecule has 5 heteroatoms. The minimum atomic E-state index is -0.825. The van der Waals surface area contributed by atoms with Crippen LogP contribution < -0.4 is 0 Å². The fourth-order valence-electron chi connectivity index (χ4n) is 2.26. The molecule has 0 aromatic heterocycles. The van der Waals surface area contributed by atoms with Crippen LogP contribution in [0.1, 0.15) is 0 Å². The molecule has 3 atom stereocenters. The summed E-state index contributed by atoms with van der Waals surface area (Å²) in [6.45, 7) is -0.921. The summed E-state index contributed by atoms with van der Waals surface area (Å²) in [7, 11) is 0. The molecule has 0 aromatic carbocycles. The Morgan fingerprint density at radius 2 is 1.73 bits per heavy atom. The van der Waals surface area contributed by atoms with Crippen molar-refractivity contribution in [2.75, 3.05) is 26.4 Å². The van der Waals surface area contributed by atoms with Gasteiger partial charge < -0.3 is 25.5 Å². The second-order valence-electron chi connectivity index (χ2n) is 3.88. The molecule has 1 rings (SSSR count). The highest BCUT2D eigenvalue weighted by atomic mass is 16.3. The van der Waals surface area contributed by atoms with Gasteiger partial charge in [0.25, 0.3) is 0 Å². The molecule has 0 bridgehead atoms. The van der Waals surface area contributed by atoms with Crippen molar-refractivity contribution in [1.29, 1.82) is 0 Å². The van der Waals surface area contributed by atoms with Gasteiger partial charge >= 0.3 is 0 Å². The summed E-state index contributed by atoms with van der Waals surface area (Å²) < 4.78 is 0. The van der Waals surface area contributed by atoms with Crippen molar-refractivity contribution in [3.05, 3.63) is 11.6 Å². The minimum absolute atomic E-state index is 0.204. The predicted molar refractivity (Wildman–Crippen MR) is 52.9 cm³/mol. The number of hydrogen-bond donors (Lipinski definition) is 5. The van der Waals surface area contributed by atoms with E-state index in [0.717, 1.165) is 0 Å². The van der Waals surface area contributed by atoms with Gasteiger partial charge in [-0.3, -0.25) is 0 Å². The van der Waals surface area contributed by atoms with Crippen molar-refractivity contribution >= 4 is 0 Å². The third-order valence-corrected chi connectivity index (χ3v) is 3.11. The van der Waals surface area contributed by atoms with Crippen molar-refractivity contribution in [2.45, 2.75) is 6.10 Å². The molecule has 1 aliphatic carbocycles. The van der Waals surface area contributed by atoms with Crippen molar-refractivity contribution in [3.8, 4) is 0 Å². The van der Waals surface area contributed by atoms with E-state index in [0.29, 0.717) is 5.57 Å². The first kappa shape index (κ1) is 12.6. The van der Waals surface area contributed by atoms with E-state index in [1.165, 1.54) is 6.08 Å². The molecule has 0 aromatic rings. The smallest absolute Gasteiger partial charge is 0.0763 e. The molecule has 5 nitrogen and oxygen atoms in total. The molecule has 0 unspecified atom stereocenters. The van der Waals surface area contributed by atoms with Gasteiger partial charge in [-0.1, -0.05) is 6.08 Å². The lowest BCUT2D eigenvalue weighted by molar-refractivity contribution is 0.0177. The highest BCUT2D eigenvalue weighted by Gasteiger charge is 2.39. The Kier molecular flexibility index (Phi) is 4.69. The zero-order valence-electron chi connectivity index (χ0n) is 8.45. The van der Waals surface area contributed by atoms with Crippen LogP contribution in [0.2, 0.25) is 0 Å². The van der Waals surface area contributed by atoms with Crippen molar-refractivity contribution in [2.24, 2.45) is 17.8 Å². The Balaban J connectivity index is 2.81. The largest absolute Gasteiger partial charge is 0.396 e. The van der Waals surface area contributed by atoms with Gasteiger partial charge in [0, 0.05) is 31.0 Å². The maximum absolute atomic E-state index is 9.70. The third kappa shape index (κ3) is 2.38. The fourth-order valence-corrected chi connectivity index (χ4v) is 2.26. The topological polar surface area (TPSA) is 101 Å². The summed E-state index contributed by atoms with van der Waals surface area (Å²) in [5.41, 5.74) is 0.571. The van der Waals surface area contributed by atoms with E-state index in [1.54, 1.807) is 0 Å². The average molecular weight is 218 g/mol. The van der Waals surface area contributed by atoms with Crippen LogP contribution in [0.4, 0.5) is 0 Å². The van der Waals surface area contributed by atoms with Crippen molar-refractivity contribution in [1.82, 2.24) is 0 Å². The summed E-state index contributed by atoms with van der Waals surface area (Å²) in [5, 5.41) is 46.0. The molecule has 0 amide bonds. The zero-order chi connectivity index (χ0) is 11.4. The average Bonchev–Trinajstić information content (AvgIpc) is 2.57. The Bertz CT molecular complexity index is 224. The summed E-state index contributed by atoms with van der Waals surface area (Å²) in [6, 6.07) is 0. The Morgan fingerprint density at radius 3 is 2.13 bits per heavy atom. The first-order valence-corrected chi connectivity index (χ1v) is 5.01. The predicted octanol–water partition coefficient (Wildman–Crippen LogP) is -1.89. The fraction of sp³-hybridized carbons (Fsp3) is 0.800. The summed E-state index contributed by atoms with van der Waals surface area (Å²) in [5.74, 6) is -1.28. The van der Waals surface area contributed by atoms with Gasteiger partial charge in [0.15, 0.2) is 0 Å². The van der Waals surface area contributed by atoms with Gasteiger partial charge in [-0.05, 0) is 5.57 Å². The molecule has 0 spiro atoms. The molecule has 0 saturated heterocycles. The van der Waals surface area contributed by atoms with Crippen LogP contribution in [-0.4, -0.2) is 58.1 Å².